The van der Waals surface area contributed by atoms with Crippen molar-refractivity contribution in [2.75, 3.05) is 6.61 Å². The number of esters is 1. The molecular formula is C22H16Cl2O4. The van der Waals surface area contributed by atoms with Gasteiger partial charge < -0.3 is 9.47 Å². The third-order valence-corrected chi connectivity index (χ3v) is 4.65. The molecular weight excluding hydrogens is 399 g/mol. The highest BCUT2D eigenvalue weighted by Gasteiger charge is 2.13. The van der Waals surface area contributed by atoms with Gasteiger partial charge in [-0.2, -0.15) is 0 Å². The zero-order chi connectivity index (χ0) is 19.9. The molecule has 0 bridgehead atoms. The first-order valence-corrected chi connectivity index (χ1v) is 9.20. The summed E-state index contributed by atoms with van der Waals surface area (Å²) < 4.78 is 10.7. The number of hydrogen-bond donors (Lipinski definition) is 0. The molecule has 6 heteroatoms. The fourth-order valence-electron chi connectivity index (χ4n) is 2.40. The third-order valence-electron chi connectivity index (χ3n) is 3.91. The smallest absolute Gasteiger partial charge is 0.338 e. The Morgan fingerprint density at radius 2 is 1.46 bits per heavy atom. The first-order valence-electron chi connectivity index (χ1n) is 8.45. The zero-order valence-corrected chi connectivity index (χ0v) is 16.2. The summed E-state index contributed by atoms with van der Waals surface area (Å²) in [5, 5.41) is 0.581. The van der Waals surface area contributed by atoms with Crippen LogP contribution < -0.4 is 4.74 Å². The zero-order valence-electron chi connectivity index (χ0n) is 14.7. The molecule has 0 saturated heterocycles. The SMILES string of the molecule is O=C(COC(=O)c1ccc(Cl)c(Cl)c1)c1ccc(OCc2ccccc2)cc1. The molecule has 0 atom stereocenters. The van der Waals surface area contributed by atoms with Crippen molar-refractivity contribution in [1.82, 2.24) is 0 Å². The molecule has 28 heavy (non-hydrogen) atoms. The molecule has 0 aromatic heterocycles. The molecule has 0 spiro atoms. The summed E-state index contributed by atoms with van der Waals surface area (Å²) in [6.45, 7) is 0.0682. The number of halogens is 2. The lowest BCUT2D eigenvalue weighted by molar-refractivity contribution is 0.0474. The van der Waals surface area contributed by atoms with Crippen molar-refractivity contribution in [3.8, 4) is 5.75 Å². The molecule has 0 heterocycles. The highest BCUT2D eigenvalue weighted by atomic mass is 35.5. The Labute approximate surface area is 172 Å². The van der Waals surface area contributed by atoms with Crippen LogP contribution in [0, 0.1) is 0 Å². The summed E-state index contributed by atoms with van der Waals surface area (Å²) in [5.41, 5.74) is 1.71. The molecule has 3 rings (SSSR count). The first-order chi connectivity index (χ1) is 13.5. The number of Topliss-reactive ketones (excluding diaryl/α,β-unsaturated/α-hetero) is 1. The minimum absolute atomic E-state index is 0.229. The summed E-state index contributed by atoms with van der Waals surface area (Å²) in [7, 11) is 0. The first kappa shape index (κ1) is 19.9. The Morgan fingerprint density at radius 3 is 2.14 bits per heavy atom. The van der Waals surface area contributed by atoms with Crippen molar-refractivity contribution in [3.63, 3.8) is 0 Å². The Bertz CT molecular complexity index is 970. The van der Waals surface area contributed by atoms with Gasteiger partial charge in [0.05, 0.1) is 15.6 Å². The minimum Gasteiger partial charge on any atom is -0.489 e. The van der Waals surface area contributed by atoms with E-state index in [4.69, 9.17) is 32.7 Å². The van der Waals surface area contributed by atoms with Crippen molar-refractivity contribution in [2.24, 2.45) is 0 Å². The number of hydrogen-bond acceptors (Lipinski definition) is 4. The molecule has 3 aromatic carbocycles. The summed E-state index contributed by atoms with van der Waals surface area (Å²) >= 11 is 11.7. The van der Waals surface area contributed by atoms with Gasteiger partial charge in [-0.25, -0.2) is 4.79 Å². The molecule has 0 aliphatic carbocycles. The summed E-state index contributed by atoms with van der Waals surface area (Å²) in [4.78, 5) is 24.2. The largest absolute Gasteiger partial charge is 0.489 e. The maximum atomic E-state index is 12.2. The van der Waals surface area contributed by atoms with Gasteiger partial charge in [0.1, 0.15) is 12.4 Å². The van der Waals surface area contributed by atoms with E-state index < -0.39 is 5.97 Å². The maximum absolute atomic E-state index is 12.2. The normalized spacial score (nSPS) is 10.4. The van der Waals surface area contributed by atoms with E-state index in [2.05, 4.69) is 0 Å². The second kappa shape index (κ2) is 9.40. The van der Waals surface area contributed by atoms with Crippen molar-refractivity contribution in [2.45, 2.75) is 6.61 Å². The predicted molar refractivity (Wildman–Crippen MR) is 108 cm³/mol. The fourth-order valence-corrected chi connectivity index (χ4v) is 2.70. The molecule has 0 fully saturated rings. The van der Waals surface area contributed by atoms with Crippen LogP contribution in [0.15, 0.2) is 72.8 Å². The van der Waals surface area contributed by atoms with E-state index in [0.29, 0.717) is 22.9 Å². The molecule has 0 unspecified atom stereocenters. The van der Waals surface area contributed by atoms with Crippen molar-refractivity contribution >= 4 is 35.0 Å². The van der Waals surface area contributed by atoms with Gasteiger partial charge >= 0.3 is 5.97 Å². The number of ether oxygens (including phenoxy) is 2. The summed E-state index contributed by atoms with van der Waals surface area (Å²) in [5.74, 6) is -0.314. The van der Waals surface area contributed by atoms with Gasteiger partial charge in [-0.3, -0.25) is 4.79 Å². The van der Waals surface area contributed by atoms with Crippen molar-refractivity contribution < 1.29 is 19.1 Å². The van der Waals surface area contributed by atoms with Crippen molar-refractivity contribution in [3.05, 3.63) is 99.5 Å². The molecule has 0 amide bonds. The lowest BCUT2D eigenvalue weighted by Crippen LogP contribution is -2.14. The van der Waals surface area contributed by atoms with Gasteiger partial charge in [0.25, 0.3) is 0 Å². The van der Waals surface area contributed by atoms with E-state index in [-0.39, 0.29) is 23.0 Å². The van der Waals surface area contributed by atoms with Gasteiger partial charge in [0.2, 0.25) is 0 Å². The highest BCUT2D eigenvalue weighted by molar-refractivity contribution is 6.42. The third kappa shape index (κ3) is 5.35. The van der Waals surface area contributed by atoms with Crippen LogP contribution in [-0.2, 0) is 11.3 Å². The molecule has 0 saturated carbocycles. The molecule has 3 aromatic rings. The van der Waals surface area contributed by atoms with Gasteiger partial charge in [0, 0.05) is 5.56 Å². The highest BCUT2D eigenvalue weighted by Crippen LogP contribution is 2.23. The van der Waals surface area contributed by atoms with Crippen LogP contribution >= 0.6 is 23.2 Å². The molecule has 4 nitrogen and oxygen atoms in total. The van der Waals surface area contributed by atoms with Crippen LogP contribution in [0.5, 0.6) is 5.75 Å². The van der Waals surface area contributed by atoms with E-state index in [9.17, 15) is 9.59 Å². The van der Waals surface area contributed by atoms with E-state index in [0.717, 1.165) is 5.56 Å². The molecule has 0 aliphatic rings. The van der Waals surface area contributed by atoms with Gasteiger partial charge in [0.15, 0.2) is 12.4 Å². The van der Waals surface area contributed by atoms with Gasteiger partial charge in [-0.1, -0.05) is 53.5 Å². The average molecular weight is 415 g/mol. The van der Waals surface area contributed by atoms with Gasteiger partial charge in [-0.15, -0.1) is 0 Å². The van der Waals surface area contributed by atoms with Gasteiger partial charge in [-0.05, 0) is 48.0 Å². The number of carbonyl (C=O) groups excluding carboxylic acids is 2. The molecule has 0 aliphatic heterocycles. The minimum atomic E-state index is -0.644. The van der Waals surface area contributed by atoms with Crippen molar-refractivity contribution in [1.29, 1.82) is 0 Å². The van der Waals surface area contributed by atoms with E-state index >= 15 is 0 Å². The Balaban J connectivity index is 1.52. The fraction of sp³-hybridized carbons (Fsp3) is 0.0909. The van der Waals surface area contributed by atoms with E-state index in [1.165, 1.54) is 18.2 Å². The lowest BCUT2D eigenvalue weighted by atomic mass is 10.1. The Kier molecular flexibility index (Phi) is 6.69. The Hall–Kier alpha value is -2.82. The Morgan fingerprint density at radius 1 is 0.786 bits per heavy atom. The summed E-state index contributed by atoms with van der Waals surface area (Å²) in [6, 6.07) is 20.8. The number of carbonyl (C=O) groups is 2. The van der Waals surface area contributed by atoms with Crippen LogP contribution in [0.1, 0.15) is 26.3 Å². The monoisotopic (exact) mass is 414 g/mol. The van der Waals surface area contributed by atoms with Crippen LogP contribution in [0.4, 0.5) is 0 Å². The second-order valence-electron chi connectivity index (χ2n) is 5.93. The van der Waals surface area contributed by atoms with Crippen LogP contribution in [-0.4, -0.2) is 18.4 Å². The maximum Gasteiger partial charge on any atom is 0.338 e. The molecule has 0 radical (unpaired) electrons. The van der Waals surface area contributed by atoms with Crippen LogP contribution in [0.3, 0.4) is 0 Å². The van der Waals surface area contributed by atoms with E-state index in [1.807, 2.05) is 30.3 Å². The standard InChI is InChI=1S/C22H16Cl2O4/c23-19-11-8-17(12-20(19)24)22(26)28-14-21(25)16-6-9-18(10-7-16)27-13-15-4-2-1-3-5-15/h1-12H,13-14H2. The van der Waals surface area contributed by atoms with Crippen LogP contribution in [0.2, 0.25) is 10.0 Å². The number of ketones is 1. The summed E-state index contributed by atoms with van der Waals surface area (Å²) in [6.07, 6.45) is 0. The lowest BCUT2D eigenvalue weighted by Gasteiger charge is -2.08. The van der Waals surface area contributed by atoms with E-state index in [1.54, 1.807) is 24.3 Å². The molecule has 142 valence electrons. The number of benzene rings is 3. The predicted octanol–water partition coefficient (Wildman–Crippen LogP) is 5.61. The quantitative estimate of drug-likeness (QED) is 0.372. The van der Waals surface area contributed by atoms with Crippen LogP contribution in [0.25, 0.3) is 0 Å². The second-order valence-corrected chi connectivity index (χ2v) is 6.74. The topological polar surface area (TPSA) is 52.6 Å². The average Bonchev–Trinajstić information content (AvgIpc) is 2.73. The molecule has 0 N–H and O–H groups in total. The number of rotatable bonds is 7.